The third-order valence-corrected chi connectivity index (χ3v) is 1.75. The van der Waals surface area contributed by atoms with Crippen LogP contribution < -0.4 is 0 Å². The highest BCUT2D eigenvalue weighted by Crippen LogP contribution is 2.18. The van der Waals surface area contributed by atoms with Gasteiger partial charge in [-0.25, -0.2) is 0 Å². The Morgan fingerprint density at radius 1 is 1.43 bits per heavy atom. The van der Waals surface area contributed by atoms with Crippen molar-refractivity contribution in [3.63, 3.8) is 0 Å². The fraction of sp³-hybridized carbons (Fsp3) is 0.333. The molecular formula is C9H10N2O3. The van der Waals surface area contributed by atoms with Gasteiger partial charge in [-0.15, -0.1) is 0 Å². The van der Waals surface area contributed by atoms with Crippen LogP contribution >= 0.6 is 0 Å². The van der Waals surface area contributed by atoms with Gasteiger partial charge in [-0.3, -0.25) is 0 Å². The van der Waals surface area contributed by atoms with Crippen molar-refractivity contribution in [3.8, 4) is 11.6 Å². The van der Waals surface area contributed by atoms with E-state index in [9.17, 15) is 0 Å². The smallest absolute Gasteiger partial charge is 0.238 e. The van der Waals surface area contributed by atoms with Crippen LogP contribution in [0.1, 0.15) is 11.7 Å². The molecule has 5 nitrogen and oxygen atoms in total. The number of rotatable bonds is 3. The number of aliphatic hydroxyl groups is 1. The molecule has 0 spiro atoms. The zero-order chi connectivity index (χ0) is 9.97. The predicted molar refractivity (Wildman–Crippen MR) is 47.5 cm³/mol. The number of aromatic nitrogens is 2. The summed E-state index contributed by atoms with van der Waals surface area (Å²) in [5.41, 5.74) is 0. The zero-order valence-corrected chi connectivity index (χ0v) is 7.73. The molecule has 0 bridgehead atoms. The fourth-order valence-corrected chi connectivity index (χ4v) is 1.11. The SMILES string of the molecule is Cc1ccc(-c2noc(CCO)n2)o1. The number of aliphatic hydroxyl groups excluding tert-OH is 1. The molecule has 2 aromatic heterocycles. The first-order valence-corrected chi connectivity index (χ1v) is 4.30. The number of furan rings is 1. The molecule has 0 aliphatic heterocycles. The topological polar surface area (TPSA) is 72.3 Å². The zero-order valence-electron chi connectivity index (χ0n) is 7.73. The first kappa shape index (κ1) is 8.96. The molecule has 0 aliphatic rings. The van der Waals surface area contributed by atoms with Crippen molar-refractivity contribution >= 4 is 0 Å². The van der Waals surface area contributed by atoms with Crippen LogP contribution in [-0.4, -0.2) is 21.9 Å². The Bertz CT molecular complexity index is 419. The third kappa shape index (κ3) is 1.67. The van der Waals surface area contributed by atoms with E-state index in [-0.39, 0.29) is 6.61 Å². The summed E-state index contributed by atoms with van der Waals surface area (Å²) in [6.07, 6.45) is 0.368. The van der Waals surface area contributed by atoms with E-state index in [0.717, 1.165) is 5.76 Å². The molecule has 0 saturated heterocycles. The van der Waals surface area contributed by atoms with Crippen molar-refractivity contribution in [1.82, 2.24) is 10.1 Å². The molecule has 74 valence electrons. The molecule has 0 fully saturated rings. The van der Waals surface area contributed by atoms with Crippen molar-refractivity contribution in [3.05, 3.63) is 23.8 Å². The van der Waals surface area contributed by atoms with Gasteiger partial charge in [-0.2, -0.15) is 4.98 Å². The maximum Gasteiger partial charge on any atom is 0.238 e. The quantitative estimate of drug-likeness (QED) is 0.794. The standard InChI is InChI=1S/C9H10N2O3/c1-6-2-3-7(13-6)9-10-8(4-5-12)14-11-9/h2-3,12H,4-5H2,1H3. The minimum atomic E-state index is -0.00117. The van der Waals surface area contributed by atoms with Crippen molar-refractivity contribution in [2.45, 2.75) is 13.3 Å². The second kappa shape index (κ2) is 3.63. The van der Waals surface area contributed by atoms with Crippen LogP contribution in [0.15, 0.2) is 21.1 Å². The van der Waals surface area contributed by atoms with E-state index in [2.05, 4.69) is 10.1 Å². The molecule has 0 aromatic carbocycles. The molecule has 14 heavy (non-hydrogen) atoms. The Kier molecular flexibility index (Phi) is 2.32. The minimum Gasteiger partial charge on any atom is -0.458 e. The van der Waals surface area contributed by atoms with E-state index >= 15 is 0 Å². The van der Waals surface area contributed by atoms with Gasteiger partial charge < -0.3 is 14.0 Å². The summed E-state index contributed by atoms with van der Waals surface area (Å²) < 4.78 is 10.2. The van der Waals surface area contributed by atoms with E-state index in [1.54, 1.807) is 6.07 Å². The molecule has 0 saturated carbocycles. The van der Waals surface area contributed by atoms with Gasteiger partial charge in [0.05, 0.1) is 13.0 Å². The van der Waals surface area contributed by atoms with E-state index in [4.69, 9.17) is 14.0 Å². The van der Waals surface area contributed by atoms with Gasteiger partial charge in [0, 0.05) is 0 Å². The summed E-state index contributed by atoms with van der Waals surface area (Å²) in [6, 6.07) is 3.61. The molecule has 2 aromatic rings. The third-order valence-electron chi connectivity index (χ3n) is 1.75. The molecule has 0 aliphatic carbocycles. The molecule has 0 unspecified atom stereocenters. The lowest BCUT2D eigenvalue weighted by Gasteiger charge is -1.85. The van der Waals surface area contributed by atoms with Crippen LogP contribution in [0.25, 0.3) is 11.6 Å². The Hall–Kier alpha value is -1.62. The Morgan fingerprint density at radius 3 is 2.93 bits per heavy atom. The van der Waals surface area contributed by atoms with Gasteiger partial charge >= 0.3 is 0 Å². The maximum absolute atomic E-state index is 8.65. The maximum atomic E-state index is 8.65. The first-order valence-electron chi connectivity index (χ1n) is 4.30. The highest BCUT2D eigenvalue weighted by Gasteiger charge is 2.10. The summed E-state index contributed by atoms with van der Waals surface area (Å²) in [7, 11) is 0. The second-order valence-corrected chi connectivity index (χ2v) is 2.90. The molecule has 2 rings (SSSR count). The van der Waals surface area contributed by atoms with Crippen LogP contribution in [0.4, 0.5) is 0 Å². The normalized spacial score (nSPS) is 10.7. The van der Waals surface area contributed by atoms with E-state index in [0.29, 0.717) is 23.9 Å². The van der Waals surface area contributed by atoms with Gasteiger partial charge in [0.25, 0.3) is 0 Å². The lowest BCUT2D eigenvalue weighted by atomic mass is 10.4. The van der Waals surface area contributed by atoms with E-state index in [1.165, 1.54) is 0 Å². The van der Waals surface area contributed by atoms with Gasteiger partial charge in [-0.1, -0.05) is 5.16 Å². The average Bonchev–Trinajstić information content (AvgIpc) is 2.74. The Labute approximate surface area is 80.4 Å². The Balaban J connectivity index is 2.24. The van der Waals surface area contributed by atoms with Gasteiger partial charge in [0.1, 0.15) is 5.76 Å². The highest BCUT2D eigenvalue weighted by molar-refractivity contribution is 5.45. The summed E-state index contributed by atoms with van der Waals surface area (Å²) in [5, 5.41) is 12.4. The first-order chi connectivity index (χ1) is 6.79. The minimum absolute atomic E-state index is 0.00117. The summed E-state index contributed by atoms with van der Waals surface area (Å²) >= 11 is 0. The molecule has 2 heterocycles. The number of hydrogen-bond acceptors (Lipinski definition) is 5. The summed E-state index contributed by atoms with van der Waals surface area (Å²) in [6.45, 7) is 1.84. The molecule has 5 heteroatoms. The van der Waals surface area contributed by atoms with Crippen LogP contribution in [0.3, 0.4) is 0 Å². The summed E-state index contributed by atoms with van der Waals surface area (Å²) in [4.78, 5) is 4.05. The summed E-state index contributed by atoms with van der Waals surface area (Å²) in [5.74, 6) is 2.21. The van der Waals surface area contributed by atoms with Crippen LogP contribution in [0.5, 0.6) is 0 Å². The lowest BCUT2D eigenvalue weighted by molar-refractivity contribution is 0.274. The number of nitrogens with zero attached hydrogens (tertiary/aromatic N) is 2. The molecule has 0 amide bonds. The highest BCUT2D eigenvalue weighted by atomic mass is 16.5. The van der Waals surface area contributed by atoms with E-state index in [1.807, 2.05) is 13.0 Å². The number of hydrogen-bond donors (Lipinski definition) is 1. The monoisotopic (exact) mass is 194 g/mol. The van der Waals surface area contributed by atoms with Crippen LogP contribution in [-0.2, 0) is 6.42 Å². The largest absolute Gasteiger partial charge is 0.458 e. The fourth-order valence-electron chi connectivity index (χ4n) is 1.11. The lowest BCUT2D eigenvalue weighted by Crippen LogP contribution is -1.89. The molecule has 1 N–H and O–H groups in total. The van der Waals surface area contributed by atoms with Crippen molar-refractivity contribution in [2.24, 2.45) is 0 Å². The van der Waals surface area contributed by atoms with Gasteiger partial charge in [-0.05, 0) is 19.1 Å². The van der Waals surface area contributed by atoms with Crippen molar-refractivity contribution in [1.29, 1.82) is 0 Å². The van der Waals surface area contributed by atoms with Crippen LogP contribution in [0, 0.1) is 6.92 Å². The van der Waals surface area contributed by atoms with Crippen molar-refractivity contribution < 1.29 is 14.0 Å². The van der Waals surface area contributed by atoms with Gasteiger partial charge in [0.2, 0.25) is 11.7 Å². The molecule has 0 radical (unpaired) electrons. The second-order valence-electron chi connectivity index (χ2n) is 2.90. The average molecular weight is 194 g/mol. The van der Waals surface area contributed by atoms with E-state index < -0.39 is 0 Å². The van der Waals surface area contributed by atoms with Crippen molar-refractivity contribution in [2.75, 3.05) is 6.61 Å². The Morgan fingerprint density at radius 2 is 2.29 bits per heavy atom. The molecule has 0 atom stereocenters. The number of aryl methyl sites for hydroxylation is 1. The van der Waals surface area contributed by atoms with Gasteiger partial charge in [0.15, 0.2) is 5.76 Å². The molecular weight excluding hydrogens is 184 g/mol. The predicted octanol–water partition coefficient (Wildman–Crippen LogP) is 1.17. The van der Waals surface area contributed by atoms with Crippen LogP contribution in [0.2, 0.25) is 0 Å².